The van der Waals surface area contributed by atoms with Crippen molar-refractivity contribution in [3.8, 4) is 0 Å². The number of carbonyl (C=O) groups is 1. The predicted molar refractivity (Wildman–Crippen MR) is 92.1 cm³/mol. The zero-order valence-corrected chi connectivity index (χ0v) is 15.1. The summed E-state index contributed by atoms with van der Waals surface area (Å²) < 4.78 is 6.24. The van der Waals surface area contributed by atoms with E-state index >= 15 is 0 Å². The lowest BCUT2D eigenvalue weighted by Crippen LogP contribution is -2.31. The van der Waals surface area contributed by atoms with Crippen LogP contribution in [0, 0.1) is 20.8 Å². The minimum absolute atomic E-state index is 0.0748. The average Bonchev–Trinajstić information content (AvgIpc) is 3.18. The van der Waals surface area contributed by atoms with Crippen LogP contribution in [0.5, 0.6) is 0 Å². The van der Waals surface area contributed by atoms with E-state index in [2.05, 4.69) is 21.7 Å². The maximum Gasteiger partial charge on any atom is 0.259 e. The maximum atomic E-state index is 13.1. The van der Waals surface area contributed by atoms with Crippen LogP contribution < -0.4 is 5.32 Å². The number of hydrogen-bond acceptors (Lipinski definition) is 5. The maximum absolute atomic E-state index is 13.1. The molecule has 1 saturated heterocycles. The van der Waals surface area contributed by atoms with Gasteiger partial charge < -0.3 is 10.2 Å². The molecule has 0 radical (unpaired) electrons. The Hall–Kier alpha value is -1.89. The van der Waals surface area contributed by atoms with Crippen LogP contribution in [0.3, 0.4) is 0 Å². The van der Waals surface area contributed by atoms with Gasteiger partial charge in [-0.3, -0.25) is 9.48 Å². The molecule has 1 fully saturated rings. The van der Waals surface area contributed by atoms with Gasteiger partial charge in [0.2, 0.25) is 0 Å². The standard InChI is InChI=1S/C16H23N5OS/c1-9-13(11(3)20(5)18-9)12-7-6-8-21(12)16(22)14-10(2)19-23-15(14)17-4/h12,17H,6-8H2,1-5H3/t12-/m0/s1. The monoisotopic (exact) mass is 333 g/mol. The third-order valence-electron chi connectivity index (χ3n) is 4.72. The van der Waals surface area contributed by atoms with E-state index in [-0.39, 0.29) is 11.9 Å². The first-order valence-electron chi connectivity index (χ1n) is 7.90. The molecule has 0 unspecified atom stereocenters. The van der Waals surface area contributed by atoms with E-state index in [9.17, 15) is 4.79 Å². The molecular formula is C16H23N5OS. The summed E-state index contributed by atoms with van der Waals surface area (Å²) in [5.41, 5.74) is 4.87. The van der Waals surface area contributed by atoms with Crippen molar-refractivity contribution in [3.05, 3.63) is 28.2 Å². The Morgan fingerprint density at radius 2 is 2.04 bits per heavy atom. The highest BCUT2D eigenvalue weighted by Crippen LogP contribution is 2.38. The lowest BCUT2D eigenvalue weighted by Gasteiger charge is -2.25. The van der Waals surface area contributed by atoms with E-state index in [0.29, 0.717) is 5.56 Å². The van der Waals surface area contributed by atoms with Gasteiger partial charge in [0.25, 0.3) is 5.91 Å². The van der Waals surface area contributed by atoms with Gasteiger partial charge in [-0.05, 0) is 45.1 Å². The highest BCUT2D eigenvalue weighted by molar-refractivity contribution is 7.10. The lowest BCUT2D eigenvalue weighted by atomic mass is 10.0. The van der Waals surface area contributed by atoms with E-state index in [0.717, 1.165) is 41.5 Å². The number of amides is 1. The van der Waals surface area contributed by atoms with Crippen LogP contribution in [0.1, 0.15) is 51.9 Å². The van der Waals surface area contributed by atoms with Gasteiger partial charge in [0, 0.05) is 31.9 Å². The van der Waals surface area contributed by atoms with Gasteiger partial charge in [-0.1, -0.05) is 0 Å². The Bertz CT molecular complexity index is 748. The Labute approximate surface area is 140 Å². The Morgan fingerprint density at radius 1 is 1.30 bits per heavy atom. The number of aromatic nitrogens is 3. The van der Waals surface area contributed by atoms with Crippen molar-refractivity contribution in [2.75, 3.05) is 18.9 Å². The molecule has 1 N–H and O–H groups in total. The molecule has 1 atom stereocenters. The van der Waals surface area contributed by atoms with Crippen molar-refractivity contribution in [1.29, 1.82) is 0 Å². The number of likely N-dealkylation sites (tertiary alicyclic amines) is 1. The molecule has 1 amide bonds. The SMILES string of the molecule is CNc1snc(C)c1C(=O)N1CCC[C@H]1c1c(C)nn(C)c1C. The van der Waals surface area contributed by atoms with Crippen molar-refractivity contribution in [2.45, 2.75) is 39.7 Å². The molecule has 1 aliphatic rings. The molecule has 0 saturated carbocycles. The number of hydrogen-bond donors (Lipinski definition) is 1. The lowest BCUT2D eigenvalue weighted by molar-refractivity contribution is 0.0735. The summed E-state index contributed by atoms with van der Waals surface area (Å²) in [4.78, 5) is 15.1. The molecule has 0 bridgehead atoms. The van der Waals surface area contributed by atoms with Crippen molar-refractivity contribution < 1.29 is 4.79 Å². The summed E-state index contributed by atoms with van der Waals surface area (Å²) in [6.07, 6.45) is 2.01. The van der Waals surface area contributed by atoms with Crippen molar-refractivity contribution in [2.24, 2.45) is 7.05 Å². The molecule has 0 aromatic carbocycles. The quantitative estimate of drug-likeness (QED) is 0.938. The van der Waals surface area contributed by atoms with E-state index in [1.165, 1.54) is 17.1 Å². The van der Waals surface area contributed by atoms with Gasteiger partial charge in [-0.25, -0.2) is 0 Å². The molecule has 1 aliphatic heterocycles. The highest BCUT2D eigenvalue weighted by Gasteiger charge is 2.35. The average molecular weight is 333 g/mol. The van der Waals surface area contributed by atoms with Crippen LogP contribution in [0.25, 0.3) is 0 Å². The summed E-state index contributed by atoms with van der Waals surface area (Å²) >= 11 is 1.35. The molecule has 3 rings (SSSR count). The first-order chi connectivity index (χ1) is 11.0. The van der Waals surface area contributed by atoms with Crippen molar-refractivity contribution >= 4 is 22.4 Å². The van der Waals surface area contributed by atoms with Crippen LogP contribution in [-0.2, 0) is 7.05 Å². The van der Waals surface area contributed by atoms with Crippen LogP contribution in [0.15, 0.2) is 0 Å². The first-order valence-corrected chi connectivity index (χ1v) is 8.68. The summed E-state index contributed by atoms with van der Waals surface area (Å²) in [6.45, 7) is 6.79. The fourth-order valence-electron chi connectivity index (χ4n) is 3.52. The summed E-state index contributed by atoms with van der Waals surface area (Å²) in [7, 11) is 3.79. The topological polar surface area (TPSA) is 63.1 Å². The van der Waals surface area contributed by atoms with Gasteiger partial charge >= 0.3 is 0 Å². The van der Waals surface area contributed by atoms with E-state index in [1.54, 1.807) is 0 Å². The minimum atomic E-state index is 0.0748. The molecule has 7 heteroatoms. The molecular weight excluding hydrogens is 310 g/mol. The Kier molecular flexibility index (Phi) is 4.14. The molecule has 0 spiro atoms. The Balaban J connectivity index is 1.99. The summed E-state index contributed by atoms with van der Waals surface area (Å²) in [5.74, 6) is 0.0748. The number of anilines is 1. The molecule has 0 aliphatic carbocycles. The van der Waals surface area contributed by atoms with Gasteiger partial charge in [-0.15, -0.1) is 0 Å². The molecule has 2 aromatic rings. The second-order valence-electron chi connectivity index (χ2n) is 6.09. The third-order valence-corrected chi connectivity index (χ3v) is 5.67. The van der Waals surface area contributed by atoms with Gasteiger partial charge in [-0.2, -0.15) is 9.47 Å². The largest absolute Gasteiger partial charge is 0.378 e. The zero-order valence-electron chi connectivity index (χ0n) is 14.3. The van der Waals surface area contributed by atoms with Gasteiger partial charge in [0.05, 0.1) is 23.0 Å². The number of nitrogens with zero attached hydrogens (tertiary/aromatic N) is 4. The molecule has 3 heterocycles. The second-order valence-corrected chi connectivity index (χ2v) is 6.86. The highest BCUT2D eigenvalue weighted by atomic mass is 32.1. The van der Waals surface area contributed by atoms with Crippen LogP contribution in [0.4, 0.5) is 5.00 Å². The number of carbonyl (C=O) groups excluding carboxylic acids is 1. The number of aryl methyl sites for hydroxylation is 3. The fourth-order valence-corrected chi connectivity index (χ4v) is 4.26. The van der Waals surface area contributed by atoms with Crippen molar-refractivity contribution in [3.63, 3.8) is 0 Å². The van der Waals surface area contributed by atoms with Crippen LogP contribution in [-0.4, -0.2) is 38.6 Å². The molecule has 23 heavy (non-hydrogen) atoms. The first kappa shape index (κ1) is 16.0. The zero-order chi connectivity index (χ0) is 16.7. The summed E-state index contributed by atoms with van der Waals surface area (Å²) in [5, 5.41) is 8.46. The predicted octanol–water partition coefficient (Wildman–Crippen LogP) is 2.82. The number of rotatable bonds is 3. The van der Waals surface area contributed by atoms with Crippen LogP contribution in [0.2, 0.25) is 0 Å². The van der Waals surface area contributed by atoms with E-state index < -0.39 is 0 Å². The normalized spacial score (nSPS) is 17.8. The second kappa shape index (κ2) is 5.96. The van der Waals surface area contributed by atoms with Crippen LogP contribution >= 0.6 is 11.5 Å². The molecule has 2 aromatic heterocycles. The van der Waals surface area contributed by atoms with E-state index in [4.69, 9.17) is 0 Å². The van der Waals surface area contributed by atoms with E-state index in [1.807, 2.05) is 37.5 Å². The molecule has 124 valence electrons. The van der Waals surface area contributed by atoms with Gasteiger partial charge in [0.15, 0.2) is 0 Å². The Morgan fingerprint density at radius 3 is 2.65 bits per heavy atom. The minimum Gasteiger partial charge on any atom is -0.378 e. The van der Waals surface area contributed by atoms with Gasteiger partial charge in [0.1, 0.15) is 5.00 Å². The fraction of sp³-hybridized carbons (Fsp3) is 0.562. The third kappa shape index (κ3) is 2.52. The van der Waals surface area contributed by atoms with Crippen molar-refractivity contribution in [1.82, 2.24) is 19.1 Å². The smallest absolute Gasteiger partial charge is 0.259 e. The molecule has 6 nitrogen and oxygen atoms in total. The summed E-state index contributed by atoms with van der Waals surface area (Å²) in [6, 6.07) is 0.111. The number of nitrogens with one attached hydrogen (secondary N) is 1.